The van der Waals surface area contributed by atoms with Gasteiger partial charge in [-0.3, -0.25) is 0 Å². The number of carboxylic acids is 1. The van der Waals surface area contributed by atoms with Gasteiger partial charge in [0, 0.05) is 45.6 Å². The molecule has 1 aromatic carbocycles. The molecule has 2 aliphatic rings. The van der Waals surface area contributed by atoms with Crippen LogP contribution < -0.4 is 9.64 Å². The standard InChI is InChI=1S/C19H24N4O4S.C2HF3O2/c1-26-14-13-23-15-7-11-22(19-20-9-4-10-21-19)12-8-16(15)27-17-5-2-3-6-18(17)28(23,24)25;3-2(4,5)1(6)7/h2-6,9-10,15-16H,7-8,11-14H2,1H3;(H,6,7)/t15-,16-;/m0./s1. The van der Waals surface area contributed by atoms with E-state index in [4.69, 9.17) is 19.4 Å². The van der Waals surface area contributed by atoms with Crippen molar-refractivity contribution < 1.29 is 41.0 Å². The Morgan fingerprint density at radius 1 is 1.17 bits per heavy atom. The molecule has 3 heterocycles. The molecule has 0 unspecified atom stereocenters. The summed E-state index contributed by atoms with van der Waals surface area (Å²) in [5.41, 5.74) is 0. The van der Waals surface area contributed by atoms with E-state index >= 15 is 0 Å². The van der Waals surface area contributed by atoms with E-state index in [1.807, 2.05) is 0 Å². The number of rotatable bonds is 4. The lowest BCUT2D eigenvalue weighted by atomic mass is 10.1. The van der Waals surface area contributed by atoms with Crippen LogP contribution in [0.15, 0.2) is 47.6 Å². The molecular formula is C21H25F3N4O6S. The molecule has 0 spiro atoms. The summed E-state index contributed by atoms with van der Waals surface area (Å²) in [6.07, 6.45) is -0.597. The number of anilines is 1. The summed E-state index contributed by atoms with van der Waals surface area (Å²) in [4.78, 5) is 19.9. The maximum absolute atomic E-state index is 13.4. The minimum absolute atomic E-state index is 0.224. The van der Waals surface area contributed by atoms with Crippen LogP contribution in [0.3, 0.4) is 0 Å². The Morgan fingerprint density at radius 2 is 1.80 bits per heavy atom. The molecule has 2 aliphatic heterocycles. The highest BCUT2D eigenvalue weighted by Crippen LogP contribution is 2.36. The molecule has 1 saturated heterocycles. The summed E-state index contributed by atoms with van der Waals surface area (Å²) in [7, 11) is -2.10. The highest BCUT2D eigenvalue weighted by atomic mass is 32.2. The van der Waals surface area contributed by atoms with Crippen molar-refractivity contribution in [3.05, 3.63) is 42.7 Å². The van der Waals surface area contributed by atoms with E-state index in [1.165, 1.54) is 0 Å². The fourth-order valence-corrected chi connectivity index (χ4v) is 5.66. The fraction of sp³-hybridized carbons (Fsp3) is 0.476. The van der Waals surface area contributed by atoms with Gasteiger partial charge in [-0.25, -0.2) is 23.2 Å². The molecule has 14 heteroatoms. The number of halogens is 3. The van der Waals surface area contributed by atoms with Gasteiger partial charge in [-0.05, 0) is 24.6 Å². The molecule has 0 bridgehead atoms. The van der Waals surface area contributed by atoms with Gasteiger partial charge >= 0.3 is 12.1 Å². The number of benzene rings is 1. The number of hydrogen-bond donors (Lipinski definition) is 1. The molecule has 1 N–H and O–H groups in total. The molecule has 1 fully saturated rings. The van der Waals surface area contributed by atoms with Crippen LogP contribution in [0.1, 0.15) is 12.8 Å². The van der Waals surface area contributed by atoms with Gasteiger partial charge in [-0.1, -0.05) is 12.1 Å². The lowest BCUT2D eigenvalue weighted by Crippen LogP contribution is -2.48. The van der Waals surface area contributed by atoms with Crippen molar-refractivity contribution in [2.75, 3.05) is 38.3 Å². The van der Waals surface area contributed by atoms with Crippen molar-refractivity contribution in [1.29, 1.82) is 0 Å². The van der Waals surface area contributed by atoms with E-state index in [9.17, 15) is 21.6 Å². The molecule has 1 aromatic heterocycles. The number of sulfonamides is 1. The van der Waals surface area contributed by atoms with E-state index < -0.39 is 22.2 Å². The van der Waals surface area contributed by atoms with Gasteiger partial charge in [0.15, 0.2) is 0 Å². The SMILES string of the molecule is COCCN1[C@H]2CCN(c3ncccn3)CC[C@@H]2Oc2ccccc2S1(=O)=O.O=C(O)C(F)(F)F. The molecule has 192 valence electrons. The summed E-state index contributed by atoms with van der Waals surface area (Å²) in [6, 6.07) is 8.37. The highest BCUT2D eigenvalue weighted by molar-refractivity contribution is 7.89. The largest absolute Gasteiger partial charge is 0.490 e. The number of aromatic nitrogens is 2. The van der Waals surface area contributed by atoms with E-state index in [0.717, 1.165) is 0 Å². The third-order valence-electron chi connectivity index (χ3n) is 5.48. The molecule has 0 amide bonds. The third kappa shape index (κ3) is 6.38. The predicted molar refractivity (Wildman–Crippen MR) is 118 cm³/mol. The van der Waals surface area contributed by atoms with Crippen LogP contribution in [-0.4, -0.2) is 85.4 Å². The van der Waals surface area contributed by atoms with Crippen molar-refractivity contribution in [3.8, 4) is 5.75 Å². The van der Waals surface area contributed by atoms with Crippen LogP contribution >= 0.6 is 0 Å². The zero-order valence-electron chi connectivity index (χ0n) is 18.8. The first-order chi connectivity index (χ1) is 16.6. The topological polar surface area (TPSA) is 122 Å². The average molecular weight is 519 g/mol. The minimum Gasteiger partial charge on any atom is -0.487 e. The van der Waals surface area contributed by atoms with E-state index in [1.54, 1.807) is 54.1 Å². The van der Waals surface area contributed by atoms with Gasteiger partial charge in [0.05, 0.1) is 12.6 Å². The van der Waals surface area contributed by atoms with Gasteiger partial charge in [-0.15, -0.1) is 0 Å². The summed E-state index contributed by atoms with van der Waals surface area (Å²) in [5.74, 6) is -1.68. The second-order valence-electron chi connectivity index (χ2n) is 7.70. The first-order valence-electron chi connectivity index (χ1n) is 10.6. The van der Waals surface area contributed by atoms with Crippen LogP contribution in [0.5, 0.6) is 5.75 Å². The fourth-order valence-electron chi connectivity index (χ4n) is 3.88. The molecule has 10 nitrogen and oxygen atoms in total. The Hall–Kier alpha value is -2.97. The zero-order chi connectivity index (χ0) is 25.6. The highest BCUT2D eigenvalue weighted by Gasteiger charge is 2.43. The average Bonchev–Trinajstić information content (AvgIpc) is 3.07. The summed E-state index contributed by atoms with van der Waals surface area (Å²) in [6.45, 7) is 1.98. The zero-order valence-corrected chi connectivity index (χ0v) is 19.6. The maximum Gasteiger partial charge on any atom is 0.490 e. The van der Waals surface area contributed by atoms with Crippen molar-refractivity contribution in [2.45, 2.75) is 36.1 Å². The number of aliphatic carboxylic acids is 1. The first-order valence-corrected chi connectivity index (χ1v) is 12.1. The van der Waals surface area contributed by atoms with Gasteiger partial charge in [-0.2, -0.15) is 17.5 Å². The van der Waals surface area contributed by atoms with E-state index in [0.29, 0.717) is 50.8 Å². The Morgan fingerprint density at radius 3 is 2.43 bits per heavy atom. The first kappa shape index (κ1) is 26.6. The summed E-state index contributed by atoms with van der Waals surface area (Å²) >= 11 is 0. The third-order valence-corrected chi connectivity index (χ3v) is 7.45. The molecule has 0 saturated carbocycles. The van der Waals surface area contributed by atoms with Crippen molar-refractivity contribution >= 4 is 21.9 Å². The lowest BCUT2D eigenvalue weighted by Gasteiger charge is -2.31. The molecule has 35 heavy (non-hydrogen) atoms. The number of nitrogens with zero attached hydrogens (tertiary/aromatic N) is 4. The number of carboxylic acid groups (broad SMARTS) is 1. The van der Waals surface area contributed by atoms with Crippen LogP contribution in [0.2, 0.25) is 0 Å². The predicted octanol–water partition coefficient (Wildman–Crippen LogP) is 2.18. The second kappa shape index (κ2) is 11.2. The summed E-state index contributed by atoms with van der Waals surface area (Å²) < 4.78 is 71.5. The Labute approximate surface area is 200 Å². The van der Waals surface area contributed by atoms with Crippen LogP contribution in [0.4, 0.5) is 19.1 Å². The molecule has 0 aliphatic carbocycles. The number of ether oxygens (including phenoxy) is 2. The van der Waals surface area contributed by atoms with Crippen molar-refractivity contribution in [3.63, 3.8) is 0 Å². The lowest BCUT2D eigenvalue weighted by molar-refractivity contribution is -0.192. The van der Waals surface area contributed by atoms with Gasteiger partial charge in [0.2, 0.25) is 16.0 Å². The van der Waals surface area contributed by atoms with Crippen LogP contribution in [-0.2, 0) is 19.6 Å². The molecule has 2 aromatic rings. The van der Waals surface area contributed by atoms with Gasteiger partial charge in [0.1, 0.15) is 16.7 Å². The van der Waals surface area contributed by atoms with Gasteiger partial charge in [0.25, 0.3) is 0 Å². The second-order valence-corrected chi connectivity index (χ2v) is 9.55. The van der Waals surface area contributed by atoms with Gasteiger partial charge < -0.3 is 19.5 Å². The maximum atomic E-state index is 13.4. The number of alkyl halides is 3. The van der Waals surface area contributed by atoms with E-state index in [-0.39, 0.29) is 17.0 Å². The van der Waals surface area contributed by atoms with Crippen molar-refractivity contribution in [1.82, 2.24) is 14.3 Å². The quantitative estimate of drug-likeness (QED) is 0.649. The molecule has 2 atom stereocenters. The number of fused-ring (bicyclic) bond motifs is 2. The van der Waals surface area contributed by atoms with E-state index in [2.05, 4.69) is 14.9 Å². The van der Waals surface area contributed by atoms with Crippen molar-refractivity contribution in [2.24, 2.45) is 0 Å². The number of methoxy groups -OCH3 is 1. The monoisotopic (exact) mass is 518 g/mol. The normalized spacial score (nSPS) is 21.8. The molecule has 0 radical (unpaired) electrons. The van der Waals surface area contributed by atoms with Crippen LogP contribution in [0, 0.1) is 0 Å². The molecular weight excluding hydrogens is 493 g/mol. The Bertz CT molecular complexity index is 1100. The summed E-state index contributed by atoms with van der Waals surface area (Å²) in [5, 5.41) is 7.12. The number of hydrogen-bond acceptors (Lipinski definition) is 8. The minimum atomic E-state index is -5.08. The smallest absolute Gasteiger partial charge is 0.487 e. The Balaban J connectivity index is 0.000000429. The Kier molecular flexibility index (Phi) is 8.51. The molecule has 4 rings (SSSR count). The number of para-hydroxylation sites is 1. The number of carbonyl (C=O) groups is 1. The van der Waals surface area contributed by atoms with Crippen LogP contribution in [0.25, 0.3) is 0 Å².